The second kappa shape index (κ2) is 8.58. The van der Waals surface area contributed by atoms with E-state index in [1.807, 2.05) is 19.2 Å². The fourth-order valence-electron chi connectivity index (χ4n) is 3.08. The Hall–Kier alpha value is -2.33. The lowest BCUT2D eigenvalue weighted by atomic mass is 10.1. The highest BCUT2D eigenvalue weighted by molar-refractivity contribution is 9.10. The third kappa shape index (κ3) is 4.99. The highest BCUT2D eigenvalue weighted by Crippen LogP contribution is 2.35. The summed E-state index contributed by atoms with van der Waals surface area (Å²) in [6, 6.07) is 6.06. The number of halogens is 4. The van der Waals surface area contributed by atoms with E-state index in [1.54, 1.807) is 6.07 Å². The molecule has 1 fully saturated rings. The first-order valence-corrected chi connectivity index (χ1v) is 9.64. The van der Waals surface area contributed by atoms with E-state index in [9.17, 15) is 18.0 Å². The molecule has 0 atom stereocenters. The van der Waals surface area contributed by atoms with E-state index in [0.717, 1.165) is 44.1 Å². The van der Waals surface area contributed by atoms with Crippen molar-refractivity contribution in [3.05, 3.63) is 46.1 Å². The first-order valence-electron chi connectivity index (χ1n) is 8.84. The van der Waals surface area contributed by atoms with Gasteiger partial charge in [-0.3, -0.25) is 4.79 Å². The van der Waals surface area contributed by atoms with Gasteiger partial charge in [-0.05, 0) is 25.2 Å². The molecule has 0 spiro atoms. The van der Waals surface area contributed by atoms with Crippen molar-refractivity contribution < 1.29 is 22.7 Å². The summed E-state index contributed by atoms with van der Waals surface area (Å²) in [5.74, 6) is -1.10. The molecule has 29 heavy (non-hydrogen) atoms. The van der Waals surface area contributed by atoms with Gasteiger partial charge in [0.1, 0.15) is 0 Å². The van der Waals surface area contributed by atoms with Gasteiger partial charge in [-0.1, -0.05) is 15.9 Å². The molecule has 1 saturated heterocycles. The number of aromatic nitrogens is 1. The van der Waals surface area contributed by atoms with Crippen molar-refractivity contribution in [3.63, 3.8) is 0 Å². The second-order valence-corrected chi connectivity index (χ2v) is 7.59. The zero-order valence-electron chi connectivity index (χ0n) is 15.9. The van der Waals surface area contributed by atoms with Gasteiger partial charge in [0.05, 0.1) is 29.6 Å². The largest absolute Gasteiger partial charge is 0.481 e. The SMILES string of the molecule is COc1cc(C(F)(F)F)c(C(=O)Nc2cc(Br)ccc2N2CCN(C)CC2)cn1. The Morgan fingerprint density at radius 3 is 2.52 bits per heavy atom. The fraction of sp³-hybridized carbons (Fsp3) is 0.368. The number of rotatable bonds is 4. The molecule has 2 heterocycles. The first-order chi connectivity index (χ1) is 13.7. The summed E-state index contributed by atoms with van der Waals surface area (Å²) in [5.41, 5.74) is -0.483. The molecule has 1 N–H and O–H groups in total. The van der Waals surface area contributed by atoms with Crippen LogP contribution in [0, 0.1) is 0 Å². The Morgan fingerprint density at radius 1 is 1.21 bits per heavy atom. The summed E-state index contributed by atoms with van der Waals surface area (Å²) in [5, 5.41) is 2.62. The highest BCUT2D eigenvalue weighted by Gasteiger charge is 2.36. The average molecular weight is 473 g/mol. The minimum absolute atomic E-state index is 0.213. The number of nitrogens with zero attached hydrogens (tertiary/aromatic N) is 3. The van der Waals surface area contributed by atoms with Gasteiger partial charge < -0.3 is 19.9 Å². The van der Waals surface area contributed by atoms with Crippen molar-refractivity contribution in [3.8, 4) is 5.88 Å². The lowest BCUT2D eigenvalue weighted by Crippen LogP contribution is -2.44. The third-order valence-corrected chi connectivity index (χ3v) is 5.18. The van der Waals surface area contributed by atoms with Gasteiger partial charge in [0, 0.05) is 42.9 Å². The summed E-state index contributed by atoms with van der Waals surface area (Å²) < 4.78 is 45.8. The Kier molecular flexibility index (Phi) is 6.33. The molecule has 0 radical (unpaired) electrons. The molecule has 10 heteroatoms. The molecule has 2 aromatic rings. The Bertz CT molecular complexity index is 900. The summed E-state index contributed by atoms with van der Waals surface area (Å²) in [7, 11) is 3.24. The number of carbonyl (C=O) groups is 1. The first kappa shape index (κ1) is 21.4. The number of carbonyl (C=O) groups excluding carboxylic acids is 1. The van der Waals surface area contributed by atoms with Crippen LogP contribution in [0.5, 0.6) is 5.88 Å². The van der Waals surface area contributed by atoms with Crippen molar-refractivity contribution in [1.29, 1.82) is 0 Å². The Labute approximate surface area is 174 Å². The molecular weight excluding hydrogens is 453 g/mol. The highest BCUT2D eigenvalue weighted by atomic mass is 79.9. The van der Waals surface area contributed by atoms with Crippen LogP contribution in [0.25, 0.3) is 0 Å². The normalized spacial score (nSPS) is 15.3. The van der Waals surface area contributed by atoms with Crippen molar-refractivity contribution in [2.45, 2.75) is 6.18 Å². The summed E-state index contributed by atoms with van der Waals surface area (Å²) in [4.78, 5) is 20.8. The molecule has 0 aliphatic carbocycles. The van der Waals surface area contributed by atoms with Crippen LogP contribution in [0.2, 0.25) is 0 Å². The van der Waals surface area contributed by atoms with Gasteiger partial charge in [0.2, 0.25) is 5.88 Å². The van der Waals surface area contributed by atoms with Gasteiger partial charge in [-0.25, -0.2) is 4.98 Å². The average Bonchev–Trinajstić information content (AvgIpc) is 2.68. The molecule has 1 aliphatic rings. The minimum Gasteiger partial charge on any atom is -0.481 e. The number of benzene rings is 1. The van der Waals surface area contributed by atoms with Crippen molar-refractivity contribution in [1.82, 2.24) is 9.88 Å². The summed E-state index contributed by atoms with van der Waals surface area (Å²) in [6.45, 7) is 3.20. The molecule has 156 valence electrons. The van der Waals surface area contributed by atoms with E-state index < -0.39 is 23.2 Å². The number of alkyl halides is 3. The van der Waals surface area contributed by atoms with Crippen LogP contribution in [0.3, 0.4) is 0 Å². The van der Waals surface area contributed by atoms with E-state index in [0.29, 0.717) is 10.2 Å². The molecule has 0 saturated carbocycles. The second-order valence-electron chi connectivity index (χ2n) is 6.68. The van der Waals surface area contributed by atoms with E-state index in [4.69, 9.17) is 4.74 Å². The molecule has 1 aromatic carbocycles. The maximum atomic E-state index is 13.5. The van der Waals surface area contributed by atoms with E-state index in [-0.39, 0.29) is 5.88 Å². The number of hydrogen-bond acceptors (Lipinski definition) is 5. The minimum atomic E-state index is -4.72. The van der Waals surface area contributed by atoms with Crippen molar-refractivity contribution in [2.75, 3.05) is 50.6 Å². The molecule has 0 unspecified atom stereocenters. The molecular formula is C19H20BrF3N4O2. The van der Waals surface area contributed by atoms with Crippen molar-refractivity contribution in [2.24, 2.45) is 0 Å². The quantitative estimate of drug-likeness (QED) is 0.731. The Balaban J connectivity index is 1.93. The van der Waals surface area contributed by atoms with Crippen LogP contribution < -0.4 is 15.0 Å². The Morgan fingerprint density at radius 2 is 1.90 bits per heavy atom. The molecule has 0 bridgehead atoms. The van der Waals surface area contributed by atoms with Crippen LogP contribution in [0.4, 0.5) is 24.5 Å². The van der Waals surface area contributed by atoms with Gasteiger partial charge in [0.15, 0.2) is 0 Å². The molecule has 3 rings (SSSR count). The van der Waals surface area contributed by atoms with Crippen molar-refractivity contribution >= 4 is 33.2 Å². The standard InChI is InChI=1S/C19H20BrF3N4O2/c1-26-5-7-27(8-6-26)16-4-3-12(20)9-15(16)25-18(28)13-11-24-17(29-2)10-14(13)19(21,22)23/h3-4,9-11H,5-8H2,1-2H3,(H,25,28). The van der Waals surface area contributed by atoms with Gasteiger partial charge >= 0.3 is 6.18 Å². The smallest absolute Gasteiger partial charge is 0.417 e. The predicted molar refractivity (Wildman–Crippen MR) is 108 cm³/mol. The van der Waals surface area contributed by atoms with E-state index in [2.05, 4.69) is 36.0 Å². The maximum Gasteiger partial charge on any atom is 0.417 e. The van der Waals surface area contributed by atoms with Crippen LogP contribution in [0.1, 0.15) is 15.9 Å². The molecule has 1 aliphatic heterocycles. The van der Waals surface area contributed by atoms with Crippen LogP contribution in [0.15, 0.2) is 34.9 Å². The zero-order chi connectivity index (χ0) is 21.2. The number of piperazine rings is 1. The number of methoxy groups -OCH3 is 1. The number of likely N-dealkylation sites (N-methyl/N-ethyl adjacent to an activating group) is 1. The molecule has 6 nitrogen and oxygen atoms in total. The zero-order valence-corrected chi connectivity index (χ0v) is 17.5. The number of anilines is 2. The van der Waals surface area contributed by atoms with Gasteiger partial charge in [-0.2, -0.15) is 13.2 Å². The summed E-state index contributed by atoms with van der Waals surface area (Å²) >= 11 is 3.35. The number of pyridine rings is 1. The molecule has 1 aromatic heterocycles. The fourth-order valence-corrected chi connectivity index (χ4v) is 3.45. The van der Waals surface area contributed by atoms with Crippen LogP contribution >= 0.6 is 15.9 Å². The van der Waals surface area contributed by atoms with E-state index in [1.165, 1.54) is 7.11 Å². The van der Waals surface area contributed by atoms with E-state index >= 15 is 0 Å². The summed E-state index contributed by atoms with van der Waals surface area (Å²) in [6.07, 6.45) is -3.84. The molecule has 1 amide bonds. The predicted octanol–water partition coefficient (Wildman–Crippen LogP) is 3.88. The number of amides is 1. The van der Waals surface area contributed by atoms with Crippen LogP contribution in [-0.2, 0) is 6.18 Å². The lowest BCUT2D eigenvalue weighted by Gasteiger charge is -2.35. The number of ether oxygens (including phenoxy) is 1. The van der Waals surface area contributed by atoms with Gasteiger partial charge in [-0.15, -0.1) is 0 Å². The lowest BCUT2D eigenvalue weighted by molar-refractivity contribution is -0.138. The monoisotopic (exact) mass is 472 g/mol. The maximum absolute atomic E-state index is 13.5. The van der Waals surface area contributed by atoms with Gasteiger partial charge in [0.25, 0.3) is 5.91 Å². The third-order valence-electron chi connectivity index (χ3n) is 4.69. The number of nitrogens with one attached hydrogen (secondary N) is 1. The topological polar surface area (TPSA) is 57.7 Å². The van der Waals surface area contributed by atoms with Crippen LogP contribution in [-0.4, -0.2) is 56.1 Å². The number of hydrogen-bond donors (Lipinski definition) is 1.